The third kappa shape index (κ3) is 5.84. The Balaban J connectivity index is 1.47. The van der Waals surface area contributed by atoms with E-state index < -0.39 is 17.3 Å². The van der Waals surface area contributed by atoms with Crippen molar-refractivity contribution in [2.24, 2.45) is 7.05 Å². The van der Waals surface area contributed by atoms with E-state index in [1.165, 1.54) is 23.9 Å². The molecule has 1 saturated heterocycles. The zero-order valence-electron chi connectivity index (χ0n) is 18.4. The average Bonchev–Trinajstić information content (AvgIpc) is 3.18. The van der Waals surface area contributed by atoms with Crippen LogP contribution in [0.15, 0.2) is 46.1 Å². The number of carbonyl (C=O) groups is 1. The van der Waals surface area contributed by atoms with Crippen LogP contribution in [0.25, 0.3) is 0 Å². The van der Waals surface area contributed by atoms with Crippen molar-refractivity contribution in [1.82, 2.24) is 9.13 Å². The Kier molecular flexibility index (Phi) is 8.60. The molecule has 10 nitrogen and oxygen atoms in total. The van der Waals surface area contributed by atoms with Gasteiger partial charge in [0, 0.05) is 38.7 Å². The maximum absolute atomic E-state index is 12.9. The zero-order valence-corrected chi connectivity index (χ0v) is 18.4. The van der Waals surface area contributed by atoms with Gasteiger partial charge in [0.1, 0.15) is 18.4 Å². The monoisotopic (exact) mass is 447 g/mol. The number of hydrogen-bond acceptors (Lipinski definition) is 7. The van der Waals surface area contributed by atoms with Crippen molar-refractivity contribution >= 4 is 11.6 Å². The molecule has 0 radical (unpaired) electrons. The third-order valence-corrected chi connectivity index (χ3v) is 5.18. The minimum atomic E-state index is -0.624. The molecule has 1 aromatic heterocycles. The van der Waals surface area contributed by atoms with Crippen LogP contribution in [-0.2, 0) is 26.1 Å². The molecule has 1 aromatic carbocycles. The van der Waals surface area contributed by atoms with Crippen LogP contribution in [0.2, 0.25) is 0 Å². The maximum atomic E-state index is 12.9. The first-order valence-electron chi connectivity index (χ1n) is 10.5. The predicted octanol–water partition coefficient (Wildman–Crippen LogP) is 0.583. The molecule has 1 atom stereocenters. The largest absolute Gasteiger partial charge is 0.491 e. The van der Waals surface area contributed by atoms with Gasteiger partial charge in [0.25, 0.3) is 5.56 Å². The topological polar surface area (TPSA) is 101 Å². The van der Waals surface area contributed by atoms with Crippen molar-refractivity contribution in [2.45, 2.75) is 12.5 Å². The van der Waals surface area contributed by atoms with Gasteiger partial charge in [0.2, 0.25) is 5.91 Å². The van der Waals surface area contributed by atoms with Gasteiger partial charge in [-0.05, 0) is 30.7 Å². The van der Waals surface area contributed by atoms with Gasteiger partial charge in [-0.3, -0.25) is 18.7 Å². The van der Waals surface area contributed by atoms with Crippen LogP contribution in [0.1, 0.15) is 12.5 Å². The van der Waals surface area contributed by atoms with Gasteiger partial charge in [-0.15, -0.1) is 0 Å². The molecule has 10 heteroatoms. The molecule has 1 fully saturated rings. The number of hydrogen-bond donors (Lipinski definition) is 0. The van der Waals surface area contributed by atoms with E-state index in [-0.39, 0.29) is 5.91 Å². The van der Waals surface area contributed by atoms with Gasteiger partial charge in [-0.25, -0.2) is 4.79 Å². The minimum Gasteiger partial charge on any atom is -0.491 e. The lowest BCUT2D eigenvalue weighted by Gasteiger charge is -2.18. The van der Waals surface area contributed by atoms with Crippen LogP contribution in [0.4, 0.5) is 5.69 Å². The SMILES string of the molecule is COCCOCCOCCOc1ccc(N2CCC(n3ccc(=O)n(C)c3=O)C2=O)cc1. The van der Waals surface area contributed by atoms with Crippen molar-refractivity contribution in [2.75, 3.05) is 58.2 Å². The lowest BCUT2D eigenvalue weighted by molar-refractivity contribution is -0.119. The number of carbonyl (C=O) groups excluding carboxylic acids is 1. The summed E-state index contributed by atoms with van der Waals surface area (Å²) in [7, 11) is 3.03. The van der Waals surface area contributed by atoms with E-state index in [2.05, 4.69) is 0 Å². The van der Waals surface area contributed by atoms with Gasteiger partial charge in [-0.2, -0.15) is 0 Å². The van der Waals surface area contributed by atoms with Crippen molar-refractivity contribution in [3.05, 3.63) is 57.4 Å². The number of rotatable bonds is 12. The first kappa shape index (κ1) is 23.7. The summed E-state index contributed by atoms with van der Waals surface area (Å²) in [4.78, 5) is 38.5. The summed E-state index contributed by atoms with van der Waals surface area (Å²) >= 11 is 0. The maximum Gasteiger partial charge on any atom is 0.331 e. The summed E-state index contributed by atoms with van der Waals surface area (Å²) in [5.41, 5.74) is -0.165. The number of aromatic nitrogens is 2. The van der Waals surface area contributed by atoms with Crippen molar-refractivity contribution in [3.63, 3.8) is 0 Å². The number of methoxy groups -OCH3 is 1. The molecule has 0 saturated carbocycles. The smallest absolute Gasteiger partial charge is 0.331 e. The van der Waals surface area contributed by atoms with Gasteiger partial charge in [0.15, 0.2) is 0 Å². The van der Waals surface area contributed by atoms with E-state index in [0.717, 1.165) is 10.3 Å². The standard InChI is InChI=1S/C22H29N3O7/c1-23-20(26)8-10-25(22(23)28)19-7-9-24(21(19)27)17-3-5-18(6-4-17)32-16-15-31-14-13-30-12-11-29-2/h3-6,8,10,19H,7,9,11-16H2,1-2H3. The molecule has 2 aromatic rings. The second-order valence-corrected chi connectivity index (χ2v) is 7.26. The van der Waals surface area contributed by atoms with Crippen molar-refractivity contribution in [1.29, 1.82) is 0 Å². The van der Waals surface area contributed by atoms with Crippen LogP contribution in [0.5, 0.6) is 5.75 Å². The highest BCUT2D eigenvalue weighted by Crippen LogP contribution is 2.28. The van der Waals surface area contributed by atoms with Crippen molar-refractivity contribution in [3.8, 4) is 5.75 Å². The molecule has 1 amide bonds. The molecule has 1 aliphatic rings. The molecule has 2 heterocycles. The van der Waals surface area contributed by atoms with E-state index >= 15 is 0 Å². The normalized spacial score (nSPS) is 16.0. The molecule has 3 rings (SSSR count). The van der Waals surface area contributed by atoms with Crippen LogP contribution >= 0.6 is 0 Å². The fraction of sp³-hybridized carbons (Fsp3) is 0.500. The predicted molar refractivity (Wildman–Crippen MR) is 117 cm³/mol. The summed E-state index contributed by atoms with van der Waals surface area (Å²) in [5, 5.41) is 0. The molecule has 174 valence electrons. The second kappa shape index (κ2) is 11.6. The fourth-order valence-corrected chi connectivity index (χ4v) is 3.41. The van der Waals surface area contributed by atoms with E-state index in [1.807, 2.05) is 12.1 Å². The first-order valence-corrected chi connectivity index (χ1v) is 10.5. The third-order valence-electron chi connectivity index (χ3n) is 5.18. The Bertz CT molecular complexity index is 1000. The highest BCUT2D eigenvalue weighted by Gasteiger charge is 2.34. The Labute approximate surface area is 185 Å². The minimum absolute atomic E-state index is 0.180. The van der Waals surface area contributed by atoms with Gasteiger partial charge in [0.05, 0.1) is 33.0 Å². The summed E-state index contributed by atoms with van der Waals surface area (Å²) in [6.45, 7) is 3.43. The van der Waals surface area contributed by atoms with E-state index in [9.17, 15) is 14.4 Å². The van der Waals surface area contributed by atoms with E-state index in [1.54, 1.807) is 24.1 Å². The summed E-state index contributed by atoms with van der Waals surface area (Å²) in [6.07, 6.45) is 1.88. The summed E-state index contributed by atoms with van der Waals surface area (Å²) < 4.78 is 23.6. The van der Waals surface area contributed by atoms with Crippen LogP contribution in [0, 0.1) is 0 Å². The molecular formula is C22H29N3O7. The lowest BCUT2D eigenvalue weighted by Crippen LogP contribution is -2.40. The number of ether oxygens (including phenoxy) is 4. The first-order chi connectivity index (χ1) is 15.5. The highest BCUT2D eigenvalue weighted by atomic mass is 16.6. The summed E-state index contributed by atoms with van der Waals surface area (Å²) in [6, 6.07) is 7.88. The van der Waals surface area contributed by atoms with Crippen LogP contribution in [0.3, 0.4) is 0 Å². The molecule has 0 aliphatic carbocycles. The van der Waals surface area contributed by atoms with Crippen LogP contribution in [-0.4, -0.2) is 68.3 Å². The van der Waals surface area contributed by atoms with Crippen molar-refractivity contribution < 1.29 is 23.7 Å². The quantitative estimate of drug-likeness (QED) is 0.439. The molecule has 0 bridgehead atoms. The number of benzene rings is 1. The molecule has 1 aliphatic heterocycles. The highest BCUT2D eigenvalue weighted by molar-refractivity contribution is 5.98. The second-order valence-electron chi connectivity index (χ2n) is 7.26. The number of nitrogens with zero attached hydrogens (tertiary/aromatic N) is 3. The zero-order chi connectivity index (χ0) is 22.9. The van der Waals surface area contributed by atoms with E-state index in [4.69, 9.17) is 18.9 Å². The number of anilines is 1. The molecular weight excluding hydrogens is 418 g/mol. The molecule has 1 unspecified atom stereocenters. The van der Waals surface area contributed by atoms with E-state index in [0.29, 0.717) is 58.4 Å². The molecule has 0 spiro atoms. The molecule has 0 N–H and O–H groups in total. The summed E-state index contributed by atoms with van der Waals surface area (Å²) in [5.74, 6) is 0.492. The molecule has 32 heavy (non-hydrogen) atoms. The lowest BCUT2D eigenvalue weighted by atomic mass is 10.2. The Morgan fingerprint density at radius 2 is 1.56 bits per heavy atom. The fourth-order valence-electron chi connectivity index (χ4n) is 3.41. The van der Waals surface area contributed by atoms with Gasteiger partial charge in [-0.1, -0.05) is 0 Å². The Morgan fingerprint density at radius 3 is 2.25 bits per heavy atom. The van der Waals surface area contributed by atoms with Gasteiger partial charge < -0.3 is 23.8 Å². The average molecular weight is 447 g/mol. The Hall–Kier alpha value is -2.95. The van der Waals surface area contributed by atoms with Gasteiger partial charge >= 0.3 is 5.69 Å². The Morgan fingerprint density at radius 1 is 0.906 bits per heavy atom. The number of amides is 1. The van der Waals surface area contributed by atoms with Crippen LogP contribution < -0.4 is 20.9 Å².